The van der Waals surface area contributed by atoms with Crippen molar-refractivity contribution in [2.24, 2.45) is 5.41 Å². The number of benzene rings is 1. The van der Waals surface area contributed by atoms with Crippen molar-refractivity contribution in [3.8, 4) is 0 Å². The molecule has 0 saturated heterocycles. The number of hydrogen-bond donors (Lipinski definition) is 2. The Balaban J connectivity index is 3.14. The maximum absolute atomic E-state index is 13.7. The molecule has 8 heteroatoms. The molecule has 1 aromatic carbocycles. The number of aliphatic carboxylic acids is 1. The van der Waals surface area contributed by atoms with Gasteiger partial charge in [-0.05, 0) is 23.6 Å². The van der Waals surface area contributed by atoms with Gasteiger partial charge in [-0.2, -0.15) is 0 Å². The maximum Gasteiger partial charge on any atom is 0.304 e. The fraction of sp³-hybridized carbons (Fsp3) is 0.462. The number of hydrogen-bond acceptors (Lipinski definition) is 3. The molecule has 0 heterocycles. The third kappa shape index (κ3) is 4.94. The average molecular weight is 338 g/mol. The summed E-state index contributed by atoms with van der Waals surface area (Å²) >= 11 is 5.58. The lowest BCUT2D eigenvalue weighted by molar-refractivity contribution is -0.138. The zero-order valence-electron chi connectivity index (χ0n) is 11.9. The second kappa shape index (κ2) is 6.29. The van der Waals surface area contributed by atoms with Gasteiger partial charge < -0.3 is 5.11 Å². The molecule has 21 heavy (non-hydrogen) atoms. The molecule has 118 valence electrons. The predicted molar refractivity (Wildman–Crippen MR) is 77.2 cm³/mol. The van der Waals surface area contributed by atoms with Gasteiger partial charge in [0.05, 0.1) is 6.42 Å². The second-order valence-electron chi connectivity index (χ2n) is 5.71. The molecule has 0 aliphatic rings. The minimum Gasteiger partial charge on any atom is -0.481 e. The smallest absolute Gasteiger partial charge is 0.304 e. The van der Waals surface area contributed by atoms with E-state index >= 15 is 0 Å². The summed E-state index contributed by atoms with van der Waals surface area (Å²) in [7, 11) is -4.18. The third-order valence-corrected chi connectivity index (χ3v) is 4.65. The van der Waals surface area contributed by atoms with E-state index in [4.69, 9.17) is 16.7 Å². The highest BCUT2D eigenvalue weighted by atomic mass is 35.5. The molecule has 0 bridgehead atoms. The van der Waals surface area contributed by atoms with E-state index < -0.39 is 44.6 Å². The van der Waals surface area contributed by atoms with Gasteiger partial charge in [-0.25, -0.2) is 17.5 Å². The molecule has 1 aromatic rings. The largest absolute Gasteiger partial charge is 0.481 e. The predicted octanol–water partition coefficient (Wildman–Crippen LogP) is 2.65. The highest BCUT2D eigenvalue weighted by Crippen LogP contribution is 2.25. The van der Waals surface area contributed by atoms with Crippen LogP contribution in [-0.2, 0) is 14.8 Å². The van der Waals surface area contributed by atoms with Gasteiger partial charge in [0.1, 0.15) is 10.7 Å². The number of rotatable bonds is 5. The Morgan fingerprint density at radius 1 is 1.43 bits per heavy atom. The van der Waals surface area contributed by atoms with Crippen molar-refractivity contribution >= 4 is 27.6 Å². The molecule has 1 unspecified atom stereocenters. The molecule has 0 aromatic heterocycles. The molecule has 0 saturated carbocycles. The molecule has 0 spiro atoms. The molecule has 1 rings (SSSR count). The summed E-state index contributed by atoms with van der Waals surface area (Å²) in [4.78, 5) is 10.3. The number of sulfonamides is 1. The van der Waals surface area contributed by atoms with E-state index in [1.54, 1.807) is 20.8 Å². The lowest BCUT2D eigenvalue weighted by atomic mass is 9.85. The van der Waals surface area contributed by atoms with Crippen molar-refractivity contribution in [2.75, 3.05) is 0 Å². The lowest BCUT2D eigenvalue weighted by Gasteiger charge is -2.30. The summed E-state index contributed by atoms with van der Waals surface area (Å²) in [6.07, 6.45) is -0.405. The summed E-state index contributed by atoms with van der Waals surface area (Å²) in [5, 5.41) is 8.95. The van der Waals surface area contributed by atoms with Gasteiger partial charge in [-0.15, -0.1) is 0 Å². The topological polar surface area (TPSA) is 83.5 Å². The van der Waals surface area contributed by atoms with Gasteiger partial charge in [0, 0.05) is 11.1 Å². The van der Waals surface area contributed by atoms with E-state index in [-0.39, 0.29) is 5.02 Å². The molecule has 0 fully saturated rings. The van der Waals surface area contributed by atoms with Crippen molar-refractivity contribution in [2.45, 2.75) is 38.1 Å². The average Bonchev–Trinajstić information content (AvgIpc) is 2.24. The van der Waals surface area contributed by atoms with Gasteiger partial charge in [0.25, 0.3) is 0 Å². The molecule has 1 atom stereocenters. The van der Waals surface area contributed by atoms with Gasteiger partial charge in [0.2, 0.25) is 10.0 Å². The first-order valence-corrected chi connectivity index (χ1v) is 7.99. The van der Waals surface area contributed by atoms with Crippen LogP contribution in [0.15, 0.2) is 23.1 Å². The molecule has 5 nitrogen and oxygen atoms in total. The second-order valence-corrected chi connectivity index (χ2v) is 7.83. The van der Waals surface area contributed by atoms with Gasteiger partial charge in [-0.3, -0.25) is 4.79 Å². The normalized spacial score (nSPS) is 14.0. The molecule has 0 aliphatic heterocycles. The Hall–Kier alpha value is -1.18. The highest BCUT2D eigenvalue weighted by molar-refractivity contribution is 7.89. The highest BCUT2D eigenvalue weighted by Gasteiger charge is 2.32. The summed E-state index contributed by atoms with van der Waals surface area (Å²) in [5.74, 6) is -2.13. The summed E-state index contributed by atoms with van der Waals surface area (Å²) < 4.78 is 40.4. The number of nitrogens with one attached hydrogen (secondary N) is 1. The van der Waals surface area contributed by atoms with Crippen LogP contribution in [0.3, 0.4) is 0 Å². The Morgan fingerprint density at radius 2 is 2.00 bits per heavy atom. The van der Waals surface area contributed by atoms with Crippen LogP contribution in [0, 0.1) is 11.2 Å². The Bertz CT molecular complexity index is 640. The fourth-order valence-electron chi connectivity index (χ4n) is 1.64. The maximum atomic E-state index is 13.7. The molecular weight excluding hydrogens is 321 g/mol. The van der Waals surface area contributed by atoms with Crippen molar-refractivity contribution in [1.82, 2.24) is 4.72 Å². The van der Waals surface area contributed by atoms with Crippen LogP contribution >= 0.6 is 11.6 Å². The number of carbonyl (C=O) groups is 1. The van der Waals surface area contributed by atoms with E-state index in [0.29, 0.717) is 0 Å². The van der Waals surface area contributed by atoms with Crippen LogP contribution in [0.5, 0.6) is 0 Å². The van der Waals surface area contributed by atoms with Crippen molar-refractivity contribution in [3.63, 3.8) is 0 Å². The van der Waals surface area contributed by atoms with Crippen LogP contribution in [0.4, 0.5) is 4.39 Å². The van der Waals surface area contributed by atoms with Crippen molar-refractivity contribution in [1.29, 1.82) is 0 Å². The van der Waals surface area contributed by atoms with Crippen LogP contribution in [0.1, 0.15) is 27.2 Å². The first-order valence-electron chi connectivity index (χ1n) is 6.12. The van der Waals surface area contributed by atoms with Gasteiger partial charge in [-0.1, -0.05) is 32.4 Å². The van der Waals surface area contributed by atoms with E-state index in [1.165, 1.54) is 6.07 Å². The van der Waals surface area contributed by atoms with E-state index in [1.807, 2.05) is 0 Å². The monoisotopic (exact) mass is 337 g/mol. The standard InChI is InChI=1S/C13H17ClFNO4S/c1-13(2,3)11(7-12(17)18)16-21(19,20)10-5-4-8(14)6-9(10)15/h4-6,11,16H,7H2,1-3H3,(H,17,18). The lowest BCUT2D eigenvalue weighted by Crippen LogP contribution is -2.45. The van der Waals surface area contributed by atoms with Crippen LogP contribution in [0.25, 0.3) is 0 Å². The van der Waals surface area contributed by atoms with Crippen molar-refractivity contribution < 1.29 is 22.7 Å². The molecule has 0 aliphatic carbocycles. The molecule has 2 N–H and O–H groups in total. The molecular formula is C13H17ClFNO4S. The number of carboxylic acid groups (broad SMARTS) is 1. The van der Waals surface area contributed by atoms with E-state index in [2.05, 4.69) is 4.72 Å². The number of halogens is 2. The van der Waals surface area contributed by atoms with Crippen LogP contribution in [-0.4, -0.2) is 25.5 Å². The quantitative estimate of drug-likeness (QED) is 0.865. The van der Waals surface area contributed by atoms with Crippen LogP contribution in [0.2, 0.25) is 5.02 Å². The summed E-state index contributed by atoms with van der Waals surface area (Å²) in [6.45, 7) is 5.09. The van der Waals surface area contributed by atoms with Crippen LogP contribution < -0.4 is 4.72 Å². The zero-order chi connectivity index (χ0) is 16.4. The molecule has 0 amide bonds. The Labute approximate surface area is 128 Å². The van der Waals surface area contributed by atoms with Gasteiger partial charge in [0.15, 0.2) is 0 Å². The summed E-state index contributed by atoms with van der Waals surface area (Å²) in [5.41, 5.74) is -0.644. The Kier molecular flexibility index (Phi) is 5.35. The van der Waals surface area contributed by atoms with E-state index in [0.717, 1.165) is 12.1 Å². The van der Waals surface area contributed by atoms with Crippen molar-refractivity contribution in [3.05, 3.63) is 29.0 Å². The van der Waals surface area contributed by atoms with E-state index in [9.17, 15) is 17.6 Å². The zero-order valence-corrected chi connectivity index (χ0v) is 13.4. The summed E-state index contributed by atoms with van der Waals surface area (Å²) in [6, 6.07) is 2.30. The minimum atomic E-state index is -4.18. The number of carboxylic acids is 1. The first-order chi connectivity index (χ1) is 9.43. The molecule has 0 radical (unpaired) electrons. The fourth-order valence-corrected chi connectivity index (χ4v) is 3.30. The SMILES string of the molecule is CC(C)(C)C(CC(=O)O)NS(=O)(=O)c1ccc(Cl)cc1F. The minimum absolute atomic E-state index is 0.0735. The van der Waals surface area contributed by atoms with Gasteiger partial charge >= 0.3 is 5.97 Å². The third-order valence-electron chi connectivity index (χ3n) is 2.90. The first kappa shape index (κ1) is 17.9. The Morgan fingerprint density at radius 3 is 2.43 bits per heavy atom.